The standard InChI is InChI=1S/C71H55NO/c1-70(2,3)65-43-54(46-14-7-6-8-15-46)32-39-59(65)50-30-36-57(37-31-50)72(56-34-28-49(29-35-56)48-22-25-51(26-23-48)60-19-13-20-64-63-18-11-12-21-68(63)73-69(60)64)58-38-41-62-61-40-33-55(44-66(61)71(4,5)67(62)45-58)53-27-24-47-16-9-10-17-52(47)42-53/h6-45H,1-5H3. The van der Waals surface area contributed by atoms with Gasteiger partial charge < -0.3 is 9.32 Å². The van der Waals surface area contributed by atoms with Crippen LogP contribution in [0.25, 0.3) is 99.5 Å². The van der Waals surface area contributed by atoms with Crippen molar-refractivity contribution in [2.75, 3.05) is 4.90 Å². The van der Waals surface area contributed by atoms with Gasteiger partial charge in [-0.1, -0.05) is 223 Å². The second kappa shape index (κ2) is 17.3. The van der Waals surface area contributed by atoms with Crippen LogP contribution in [0.4, 0.5) is 17.1 Å². The van der Waals surface area contributed by atoms with E-state index in [1.54, 1.807) is 0 Å². The summed E-state index contributed by atoms with van der Waals surface area (Å²) in [5.41, 5.74) is 23.5. The predicted molar refractivity (Wildman–Crippen MR) is 309 cm³/mol. The molecule has 0 saturated heterocycles. The van der Waals surface area contributed by atoms with Crippen molar-refractivity contribution in [3.05, 3.63) is 259 Å². The third-order valence-corrected chi connectivity index (χ3v) is 15.4. The summed E-state index contributed by atoms with van der Waals surface area (Å²) in [6.07, 6.45) is 0. The number of hydrogen-bond donors (Lipinski definition) is 0. The van der Waals surface area contributed by atoms with Crippen molar-refractivity contribution < 1.29 is 4.42 Å². The van der Waals surface area contributed by atoms with Gasteiger partial charge in [0.25, 0.3) is 0 Å². The molecule has 1 aliphatic carbocycles. The first-order valence-electron chi connectivity index (χ1n) is 25.6. The van der Waals surface area contributed by atoms with Crippen molar-refractivity contribution in [1.29, 1.82) is 0 Å². The summed E-state index contributed by atoms with van der Waals surface area (Å²) < 4.78 is 6.41. The summed E-state index contributed by atoms with van der Waals surface area (Å²) >= 11 is 0. The highest BCUT2D eigenvalue weighted by atomic mass is 16.3. The first-order valence-corrected chi connectivity index (χ1v) is 25.6. The zero-order chi connectivity index (χ0) is 49.4. The number of benzene rings is 11. The van der Waals surface area contributed by atoms with Crippen LogP contribution in [0.5, 0.6) is 0 Å². The van der Waals surface area contributed by atoms with Crippen LogP contribution in [0, 0.1) is 0 Å². The average Bonchev–Trinajstić information content (AvgIpc) is 3.92. The largest absolute Gasteiger partial charge is 0.455 e. The quantitative estimate of drug-likeness (QED) is 0.151. The maximum absolute atomic E-state index is 6.41. The monoisotopic (exact) mass is 937 g/mol. The first kappa shape index (κ1) is 44.2. The Morgan fingerprint density at radius 2 is 0.836 bits per heavy atom. The second-order valence-electron chi connectivity index (χ2n) is 21.3. The van der Waals surface area contributed by atoms with Gasteiger partial charge in [-0.3, -0.25) is 0 Å². The summed E-state index contributed by atoms with van der Waals surface area (Å²) in [5, 5.41) is 4.80. The lowest BCUT2D eigenvalue weighted by Crippen LogP contribution is -2.16. The maximum atomic E-state index is 6.41. The summed E-state index contributed by atoms with van der Waals surface area (Å²) in [6, 6.07) is 89.1. The molecule has 1 heterocycles. The number of furan rings is 1. The Balaban J connectivity index is 0.870. The van der Waals surface area contributed by atoms with Crippen LogP contribution in [-0.2, 0) is 10.8 Å². The van der Waals surface area contributed by atoms with E-state index in [2.05, 4.69) is 270 Å². The minimum atomic E-state index is -0.218. The molecule has 0 N–H and O–H groups in total. The maximum Gasteiger partial charge on any atom is 0.143 e. The van der Waals surface area contributed by atoms with E-state index < -0.39 is 0 Å². The second-order valence-corrected chi connectivity index (χ2v) is 21.3. The van der Waals surface area contributed by atoms with Gasteiger partial charge in [-0.15, -0.1) is 0 Å². The molecule has 2 nitrogen and oxygen atoms in total. The van der Waals surface area contributed by atoms with Crippen LogP contribution in [0.1, 0.15) is 51.3 Å². The SMILES string of the molecule is CC(C)(C)c1cc(-c2ccccc2)ccc1-c1ccc(N(c2ccc(-c3ccc(-c4cccc5c4oc4ccccc45)cc3)cc2)c2ccc3c(c2)C(C)(C)c2cc(-c4ccc5ccccc5c4)ccc2-3)cc1. The Bertz CT molecular complexity index is 4060. The van der Waals surface area contributed by atoms with Gasteiger partial charge in [-0.25, -0.2) is 0 Å². The highest BCUT2D eigenvalue weighted by molar-refractivity contribution is 6.09. The molecule has 350 valence electrons. The zero-order valence-corrected chi connectivity index (χ0v) is 41.9. The van der Waals surface area contributed by atoms with Gasteiger partial charge in [0.05, 0.1) is 0 Å². The van der Waals surface area contributed by atoms with Crippen molar-refractivity contribution >= 4 is 49.8 Å². The number of anilines is 3. The molecular formula is C71H55NO. The lowest BCUT2D eigenvalue weighted by Gasteiger charge is -2.29. The average molecular weight is 938 g/mol. The molecule has 0 atom stereocenters. The van der Waals surface area contributed by atoms with Gasteiger partial charge in [-0.2, -0.15) is 0 Å². The molecule has 2 heteroatoms. The summed E-state index contributed by atoms with van der Waals surface area (Å²) in [6.45, 7) is 11.7. The highest BCUT2D eigenvalue weighted by Gasteiger charge is 2.36. The lowest BCUT2D eigenvalue weighted by molar-refractivity contribution is 0.592. The Kier molecular flexibility index (Phi) is 10.5. The number of hydrogen-bond acceptors (Lipinski definition) is 2. The molecule has 1 aliphatic rings. The van der Waals surface area contributed by atoms with E-state index in [0.29, 0.717) is 0 Å². The predicted octanol–water partition coefficient (Wildman–Crippen LogP) is 20.1. The van der Waals surface area contributed by atoms with Gasteiger partial charge >= 0.3 is 0 Å². The number of nitrogens with zero attached hydrogens (tertiary/aromatic N) is 1. The van der Waals surface area contributed by atoms with E-state index in [1.807, 2.05) is 12.1 Å². The third kappa shape index (κ3) is 7.73. The van der Waals surface area contributed by atoms with Gasteiger partial charge in [-0.05, 0) is 149 Å². The minimum Gasteiger partial charge on any atom is -0.455 e. The van der Waals surface area contributed by atoms with Gasteiger partial charge in [0.1, 0.15) is 11.2 Å². The fraction of sp³-hybridized carbons (Fsp3) is 0.0986. The molecule has 0 bridgehead atoms. The number of para-hydroxylation sites is 2. The molecule has 11 aromatic carbocycles. The van der Waals surface area contributed by atoms with Gasteiger partial charge in [0, 0.05) is 38.8 Å². The molecule has 12 aromatic rings. The van der Waals surface area contributed by atoms with Crippen LogP contribution < -0.4 is 4.90 Å². The van der Waals surface area contributed by atoms with E-state index in [9.17, 15) is 0 Å². The van der Waals surface area contributed by atoms with Crippen LogP contribution in [-0.4, -0.2) is 0 Å². The molecule has 0 radical (unpaired) electrons. The molecule has 0 aliphatic heterocycles. The van der Waals surface area contributed by atoms with E-state index in [1.165, 1.54) is 72.0 Å². The summed E-state index contributed by atoms with van der Waals surface area (Å²) in [4.78, 5) is 2.42. The van der Waals surface area contributed by atoms with E-state index >= 15 is 0 Å². The smallest absolute Gasteiger partial charge is 0.143 e. The molecule has 0 amide bonds. The number of fused-ring (bicyclic) bond motifs is 7. The molecule has 0 saturated carbocycles. The van der Waals surface area contributed by atoms with E-state index in [4.69, 9.17) is 4.42 Å². The Hall–Kier alpha value is -8.72. The van der Waals surface area contributed by atoms with Crippen molar-refractivity contribution in [3.63, 3.8) is 0 Å². The van der Waals surface area contributed by atoms with Gasteiger partial charge in [0.15, 0.2) is 0 Å². The third-order valence-electron chi connectivity index (χ3n) is 15.4. The highest BCUT2D eigenvalue weighted by Crippen LogP contribution is 2.52. The van der Waals surface area contributed by atoms with Crippen molar-refractivity contribution in [2.45, 2.75) is 45.4 Å². The van der Waals surface area contributed by atoms with Crippen molar-refractivity contribution in [3.8, 4) is 66.8 Å². The Morgan fingerprint density at radius 1 is 0.342 bits per heavy atom. The first-order chi connectivity index (χ1) is 35.5. The van der Waals surface area contributed by atoms with Crippen molar-refractivity contribution in [1.82, 2.24) is 0 Å². The van der Waals surface area contributed by atoms with Crippen LogP contribution in [0.3, 0.4) is 0 Å². The molecule has 73 heavy (non-hydrogen) atoms. The molecule has 0 unspecified atom stereocenters. The van der Waals surface area contributed by atoms with Crippen LogP contribution in [0.2, 0.25) is 0 Å². The molecular weight excluding hydrogens is 883 g/mol. The Labute approximate surface area is 428 Å². The fourth-order valence-electron chi connectivity index (χ4n) is 11.5. The molecule has 1 aromatic heterocycles. The zero-order valence-electron chi connectivity index (χ0n) is 41.9. The summed E-state index contributed by atoms with van der Waals surface area (Å²) in [7, 11) is 0. The fourth-order valence-corrected chi connectivity index (χ4v) is 11.5. The minimum absolute atomic E-state index is 0.0550. The van der Waals surface area contributed by atoms with Gasteiger partial charge in [0.2, 0.25) is 0 Å². The summed E-state index contributed by atoms with van der Waals surface area (Å²) in [5.74, 6) is 0. The van der Waals surface area contributed by atoms with E-state index in [-0.39, 0.29) is 10.8 Å². The molecule has 13 rings (SSSR count). The topological polar surface area (TPSA) is 16.4 Å². The van der Waals surface area contributed by atoms with Crippen LogP contribution in [0.15, 0.2) is 247 Å². The normalized spacial score (nSPS) is 12.8. The van der Waals surface area contributed by atoms with Crippen molar-refractivity contribution in [2.24, 2.45) is 0 Å². The molecule has 0 spiro atoms. The number of rotatable bonds is 8. The van der Waals surface area contributed by atoms with Crippen LogP contribution >= 0.6 is 0 Å². The lowest BCUT2D eigenvalue weighted by atomic mass is 9.80. The Morgan fingerprint density at radius 3 is 1.56 bits per heavy atom. The van der Waals surface area contributed by atoms with E-state index in [0.717, 1.165) is 61.3 Å². The molecule has 0 fully saturated rings.